The molecule has 4 nitrogen and oxygen atoms in total. The highest BCUT2D eigenvalue weighted by Gasteiger charge is 2.29. The summed E-state index contributed by atoms with van der Waals surface area (Å²) >= 11 is 1.48. The van der Waals surface area contributed by atoms with E-state index in [-0.39, 0.29) is 5.91 Å². The van der Waals surface area contributed by atoms with Crippen LogP contribution in [0.1, 0.15) is 27.7 Å². The van der Waals surface area contributed by atoms with Crippen molar-refractivity contribution in [3.05, 3.63) is 59.1 Å². The van der Waals surface area contributed by atoms with Gasteiger partial charge in [0, 0.05) is 19.0 Å². The van der Waals surface area contributed by atoms with Crippen molar-refractivity contribution in [2.45, 2.75) is 12.3 Å². The van der Waals surface area contributed by atoms with Gasteiger partial charge >= 0.3 is 0 Å². The molecule has 122 valence electrons. The Hall–Kier alpha value is -2.40. The van der Waals surface area contributed by atoms with Crippen molar-refractivity contribution >= 4 is 27.5 Å². The molecule has 3 aromatic rings. The molecule has 1 amide bonds. The molecule has 2 heterocycles. The maximum atomic E-state index is 12.7. The number of methoxy groups -OCH3 is 1. The molecule has 0 N–H and O–H groups in total. The maximum absolute atomic E-state index is 12.7. The van der Waals surface area contributed by atoms with Crippen LogP contribution in [0.5, 0.6) is 5.75 Å². The van der Waals surface area contributed by atoms with E-state index in [9.17, 15) is 4.79 Å². The molecule has 24 heavy (non-hydrogen) atoms. The van der Waals surface area contributed by atoms with Gasteiger partial charge in [-0.05, 0) is 36.2 Å². The van der Waals surface area contributed by atoms with Gasteiger partial charge in [-0.1, -0.05) is 24.3 Å². The van der Waals surface area contributed by atoms with Gasteiger partial charge < -0.3 is 9.64 Å². The molecule has 0 unspecified atom stereocenters. The molecular formula is C19H18N2O2S. The Kier molecular flexibility index (Phi) is 3.94. The van der Waals surface area contributed by atoms with Crippen LogP contribution in [-0.4, -0.2) is 36.0 Å². The third-order valence-corrected chi connectivity index (χ3v) is 5.56. The zero-order valence-electron chi connectivity index (χ0n) is 13.4. The van der Waals surface area contributed by atoms with E-state index in [2.05, 4.69) is 17.1 Å². The van der Waals surface area contributed by atoms with Crippen molar-refractivity contribution in [2.24, 2.45) is 0 Å². The van der Waals surface area contributed by atoms with Gasteiger partial charge in [-0.3, -0.25) is 4.79 Å². The second-order valence-electron chi connectivity index (χ2n) is 6.00. The monoisotopic (exact) mass is 338 g/mol. The molecule has 1 fully saturated rings. The molecule has 1 saturated heterocycles. The lowest BCUT2D eigenvalue weighted by Crippen LogP contribution is -2.28. The Morgan fingerprint density at radius 2 is 2.00 bits per heavy atom. The number of para-hydroxylation sites is 1. The number of rotatable bonds is 3. The summed E-state index contributed by atoms with van der Waals surface area (Å²) in [7, 11) is 1.67. The average Bonchev–Trinajstić information content (AvgIpc) is 3.28. The lowest BCUT2D eigenvalue weighted by atomic mass is 9.98. The molecule has 0 spiro atoms. The van der Waals surface area contributed by atoms with Crippen molar-refractivity contribution in [1.82, 2.24) is 9.88 Å². The van der Waals surface area contributed by atoms with E-state index in [1.54, 1.807) is 7.11 Å². The Balaban J connectivity index is 1.50. The third kappa shape index (κ3) is 2.76. The molecule has 0 bridgehead atoms. The zero-order valence-corrected chi connectivity index (χ0v) is 14.3. The SMILES string of the molecule is COc1ccc([C@@H]2CCN(C(=O)c3nc4ccccc4s3)C2)cc1. The maximum Gasteiger partial charge on any atom is 0.282 e. The van der Waals surface area contributed by atoms with E-state index < -0.39 is 0 Å². The molecule has 0 saturated carbocycles. The second-order valence-corrected chi connectivity index (χ2v) is 7.03. The van der Waals surface area contributed by atoms with E-state index in [0.717, 1.165) is 35.5 Å². The predicted octanol–water partition coefficient (Wildman–Crippen LogP) is 3.93. The van der Waals surface area contributed by atoms with Crippen molar-refractivity contribution in [3.8, 4) is 5.75 Å². The molecule has 1 aliphatic heterocycles. The summed E-state index contributed by atoms with van der Waals surface area (Å²) in [6.07, 6.45) is 0.989. The first-order valence-electron chi connectivity index (χ1n) is 8.03. The summed E-state index contributed by atoms with van der Waals surface area (Å²) in [5.74, 6) is 1.29. The van der Waals surface area contributed by atoms with Crippen LogP contribution in [0.15, 0.2) is 48.5 Å². The number of amides is 1. The van der Waals surface area contributed by atoms with Crippen LogP contribution in [-0.2, 0) is 0 Å². The van der Waals surface area contributed by atoms with Crippen LogP contribution in [0, 0.1) is 0 Å². The molecule has 0 aliphatic carbocycles. The van der Waals surface area contributed by atoms with Crippen molar-refractivity contribution in [1.29, 1.82) is 0 Å². The highest BCUT2D eigenvalue weighted by atomic mass is 32.1. The summed E-state index contributed by atoms with van der Waals surface area (Å²) in [5, 5.41) is 0.589. The number of carbonyl (C=O) groups is 1. The first-order valence-corrected chi connectivity index (χ1v) is 8.85. The lowest BCUT2D eigenvalue weighted by Gasteiger charge is -2.15. The number of aromatic nitrogens is 1. The molecule has 4 rings (SSSR count). The lowest BCUT2D eigenvalue weighted by molar-refractivity contribution is 0.0790. The van der Waals surface area contributed by atoms with Gasteiger partial charge in [-0.15, -0.1) is 11.3 Å². The summed E-state index contributed by atoms with van der Waals surface area (Å²) in [4.78, 5) is 19.2. The van der Waals surface area contributed by atoms with E-state index in [1.807, 2.05) is 41.3 Å². The Morgan fingerprint density at radius 1 is 1.21 bits per heavy atom. The number of likely N-dealkylation sites (tertiary alicyclic amines) is 1. The molecule has 5 heteroatoms. The fourth-order valence-corrected chi connectivity index (χ4v) is 4.13. The minimum absolute atomic E-state index is 0.0483. The first kappa shape index (κ1) is 15.1. The number of carbonyl (C=O) groups excluding carboxylic acids is 1. The molecule has 0 radical (unpaired) electrons. The predicted molar refractivity (Wildman–Crippen MR) is 95.9 cm³/mol. The number of nitrogens with zero attached hydrogens (tertiary/aromatic N) is 2. The Labute approximate surface area is 144 Å². The van der Waals surface area contributed by atoms with Crippen LogP contribution < -0.4 is 4.74 Å². The highest BCUT2D eigenvalue weighted by molar-refractivity contribution is 7.20. The van der Waals surface area contributed by atoms with Gasteiger partial charge in [0.25, 0.3) is 5.91 Å². The summed E-state index contributed by atoms with van der Waals surface area (Å²) < 4.78 is 6.27. The minimum atomic E-state index is 0.0483. The highest BCUT2D eigenvalue weighted by Crippen LogP contribution is 2.30. The summed E-state index contributed by atoms with van der Waals surface area (Å²) in [6.45, 7) is 1.53. The van der Waals surface area contributed by atoms with Gasteiger partial charge in [0.1, 0.15) is 5.75 Å². The Bertz CT molecular complexity index is 839. The molecular weight excluding hydrogens is 320 g/mol. The van der Waals surface area contributed by atoms with Crippen LogP contribution in [0.25, 0.3) is 10.2 Å². The number of benzene rings is 2. The van der Waals surface area contributed by atoms with Crippen LogP contribution in [0.4, 0.5) is 0 Å². The molecule has 1 aliphatic rings. The van der Waals surface area contributed by atoms with Gasteiger partial charge in [-0.2, -0.15) is 0 Å². The molecule has 1 atom stereocenters. The number of ether oxygens (including phenoxy) is 1. The minimum Gasteiger partial charge on any atom is -0.497 e. The largest absolute Gasteiger partial charge is 0.497 e. The first-order chi connectivity index (χ1) is 11.7. The van der Waals surface area contributed by atoms with E-state index in [0.29, 0.717) is 10.9 Å². The van der Waals surface area contributed by atoms with Gasteiger partial charge in [0.2, 0.25) is 0 Å². The van der Waals surface area contributed by atoms with Crippen molar-refractivity contribution in [3.63, 3.8) is 0 Å². The van der Waals surface area contributed by atoms with Crippen molar-refractivity contribution in [2.75, 3.05) is 20.2 Å². The molecule has 2 aromatic carbocycles. The quantitative estimate of drug-likeness (QED) is 0.726. The van der Waals surface area contributed by atoms with Gasteiger partial charge in [0.05, 0.1) is 17.3 Å². The zero-order chi connectivity index (χ0) is 16.5. The van der Waals surface area contributed by atoms with E-state index in [4.69, 9.17) is 4.74 Å². The van der Waals surface area contributed by atoms with Gasteiger partial charge in [0.15, 0.2) is 5.01 Å². The summed E-state index contributed by atoms with van der Waals surface area (Å²) in [6, 6.07) is 16.0. The van der Waals surface area contributed by atoms with Crippen LogP contribution in [0.3, 0.4) is 0 Å². The topological polar surface area (TPSA) is 42.4 Å². The van der Waals surface area contributed by atoms with Gasteiger partial charge in [-0.25, -0.2) is 4.98 Å². The normalized spacial score (nSPS) is 17.4. The number of fused-ring (bicyclic) bond motifs is 1. The fraction of sp³-hybridized carbons (Fsp3) is 0.263. The van der Waals surface area contributed by atoms with E-state index >= 15 is 0 Å². The van der Waals surface area contributed by atoms with Crippen LogP contribution in [0.2, 0.25) is 0 Å². The number of hydrogen-bond acceptors (Lipinski definition) is 4. The Morgan fingerprint density at radius 3 is 2.75 bits per heavy atom. The average molecular weight is 338 g/mol. The standard InChI is InChI=1S/C19H18N2O2S/c1-23-15-8-6-13(7-9-15)14-10-11-21(12-14)19(22)18-20-16-4-2-3-5-17(16)24-18/h2-9,14H,10-12H2,1H3/t14-/m1/s1. The van der Waals surface area contributed by atoms with Crippen molar-refractivity contribution < 1.29 is 9.53 Å². The third-order valence-electron chi connectivity index (χ3n) is 4.54. The smallest absolute Gasteiger partial charge is 0.282 e. The molecule has 1 aromatic heterocycles. The number of hydrogen-bond donors (Lipinski definition) is 0. The van der Waals surface area contributed by atoms with E-state index in [1.165, 1.54) is 16.9 Å². The number of thiazole rings is 1. The second kappa shape index (κ2) is 6.24. The fourth-order valence-electron chi connectivity index (χ4n) is 3.19. The summed E-state index contributed by atoms with van der Waals surface area (Å²) in [5.41, 5.74) is 2.16. The van der Waals surface area contributed by atoms with Crippen LogP contribution >= 0.6 is 11.3 Å².